The molecule has 1 amide bonds. The maximum Gasteiger partial charge on any atom is 0.223 e. The van der Waals surface area contributed by atoms with Gasteiger partial charge in [0.25, 0.3) is 0 Å². The molecule has 0 fully saturated rings. The van der Waals surface area contributed by atoms with Crippen molar-refractivity contribution < 1.29 is 30.5 Å². The van der Waals surface area contributed by atoms with E-state index in [4.69, 9.17) is 0 Å². The van der Waals surface area contributed by atoms with Gasteiger partial charge < -0.3 is 15.3 Å². The molecular formula is C32H33N5O6. The lowest BCUT2D eigenvalue weighted by Gasteiger charge is -2.23. The predicted molar refractivity (Wildman–Crippen MR) is 161 cm³/mol. The normalized spacial score (nSPS) is 12.8. The first-order valence-corrected chi connectivity index (χ1v) is 13.7. The van der Waals surface area contributed by atoms with Crippen LogP contribution in [0.3, 0.4) is 0 Å². The molecule has 43 heavy (non-hydrogen) atoms. The van der Waals surface area contributed by atoms with Crippen LogP contribution in [-0.2, 0) is 17.9 Å². The van der Waals surface area contributed by atoms with Gasteiger partial charge in [-0.25, -0.2) is 10.4 Å². The van der Waals surface area contributed by atoms with Crippen LogP contribution in [0.15, 0.2) is 114 Å². The number of carbonyl (C=O) groups excluding carboxylic acids is 2. The third-order valence-electron chi connectivity index (χ3n) is 6.70. The van der Waals surface area contributed by atoms with Crippen molar-refractivity contribution in [3.63, 3.8) is 0 Å². The molecule has 0 aliphatic rings. The van der Waals surface area contributed by atoms with E-state index in [-0.39, 0.29) is 48.0 Å². The molecule has 0 aromatic heterocycles. The summed E-state index contributed by atoms with van der Waals surface area (Å²) in [5.41, 5.74) is 5.06. The molecule has 0 saturated carbocycles. The second-order valence-electron chi connectivity index (χ2n) is 9.85. The Morgan fingerprint density at radius 2 is 1.30 bits per heavy atom. The van der Waals surface area contributed by atoms with Crippen molar-refractivity contribution in [2.24, 2.45) is 5.10 Å². The SMILES string of the molecule is O=C(C/C(CCC(=O)N(Cc1ccccc1)Cc1ccccc1)=N\Nc1ccc([NH+]([O-])O)cc1[NH+]([O-])O)c1ccccc1. The van der Waals surface area contributed by atoms with Crippen LogP contribution in [-0.4, -0.2) is 32.7 Å². The summed E-state index contributed by atoms with van der Waals surface area (Å²) in [7, 11) is 0. The molecule has 0 bridgehead atoms. The van der Waals surface area contributed by atoms with Crippen LogP contribution < -0.4 is 15.9 Å². The zero-order chi connectivity index (χ0) is 30.6. The molecule has 0 saturated heterocycles. The zero-order valence-corrected chi connectivity index (χ0v) is 23.3. The van der Waals surface area contributed by atoms with Crippen molar-refractivity contribution in [3.05, 3.63) is 136 Å². The Kier molecular flexibility index (Phi) is 11.2. The van der Waals surface area contributed by atoms with Crippen molar-refractivity contribution in [2.75, 3.05) is 5.43 Å². The summed E-state index contributed by atoms with van der Waals surface area (Å²) in [6.45, 7) is 0.806. The number of Topliss-reactive ketones (excluding diaryl/α,β-unsaturated/α-hetero) is 1. The molecule has 11 heteroatoms. The summed E-state index contributed by atoms with van der Waals surface area (Å²) in [6, 6.07) is 31.6. The van der Waals surface area contributed by atoms with Crippen LogP contribution >= 0.6 is 0 Å². The highest BCUT2D eigenvalue weighted by Crippen LogP contribution is 2.21. The van der Waals surface area contributed by atoms with Gasteiger partial charge in [-0.2, -0.15) is 15.6 Å². The van der Waals surface area contributed by atoms with Crippen LogP contribution in [0.1, 0.15) is 40.7 Å². The fourth-order valence-corrected chi connectivity index (χ4v) is 4.44. The molecule has 0 heterocycles. The number of carbonyl (C=O) groups is 2. The van der Waals surface area contributed by atoms with Gasteiger partial charge in [-0.3, -0.25) is 15.0 Å². The fraction of sp³-hybridized carbons (Fsp3) is 0.156. The van der Waals surface area contributed by atoms with Crippen molar-refractivity contribution in [1.29, 1.82) is 0 Å². The lowest BCUT2D eigenvalue weighted by atomic mass is 10.0. The smallest absolute Gasteiger partial charge is 0.223 e. The van der Waals surface area contributed by atoms with Crippen molar-refractivity contribution >= 4 is 34.5 Å². The van der Waals surface area contributed by atoms with E-state index >= 15 is 0 Å². The Labute approximate surface area is 249 Å². The summed E-state index contributed by atoms with van der Waals surface area (Å²) < 4.78 is 0. The highest BCUT2D eigenvalue weighted by atomic mass is 16.8. The third-order valence-corrected chi connectivity index (χ3v) is 6.70. The highest BCUT2D eigenvalue weighted by Gasteiger charge is 2.19. The minimum Gasteiger partial charge on any atom is -0.595 e. The van der Waals surface area contributed by atoms with Gasteiger partial charge in [0.2, 0.25) is 5.91 Å². The number of rotatable bonds is 14. The van der Waals surface area contributed by atoms with Crippen molar-refractivity contribution in [3.8, 4) is 0 Å². The molecule has 0 aliphatic heterocycles. The number of amides is 1. The second-order valence-corrected chi connectivity index (χ2v) is 9.85. The van der Waals surface area contributed by atoms with Gasteiger partial charge in [0.05, 0.1) is 12.5 Å². The molecule has 222 valence electrons. The Balaban J connectivity index is 1.55. The molecule has 2 atom stereocenters. The van der Waals surface area contributed by atoms with Crippen LogP contribution in [0.2, 0.25) is 0 Å². The van der Waals surface area contributed by atoms with E-state index in [1.54, 1.807) is 35.2 Å². The number of nitrogens with one attached hydrogen (secondary N) is 3. The standard InChI is InChI=1S/C32H33N5O6/c38-31(26-14-8-3-9-15-26)20-27(33-34-29-18-17-28(36(40)41)21-30(29)37(42)43)16-19-32(39)35(22-24-10-4-1-5-11-24)23-25-12-6-2-7-13-25/h1-15,17-18,21,34,36-37,40,42H,16,19-20,22-23H2/b33-27-. The number of benzene rings is 4. The van der Waals surface area contributed by atoms with Crippen LogP contribution in [0.25, 0.3) is 0 Å². The third kappa shape index (κ3) is 9.38. The first kappa shape index (κ1) is 31.2. The van der Waals surface area contributed by atoms with E-state index in [1.165, 1.54) is 12.1 Å². The first-order chi connectivity index (χ1) is 20.8. The second kappa shape index (κ2) is 15.5. The largest absolute Gasteiger partial charge is 0.595 e. The molecule has 11 nitrogen and oxygen atoms in total. The average molecular weight is 584 g/mol. The highest BCUT2D eigenvalue weighted by molar-refractivity contribution is 6.10. The fourth-order valence-electron chi connectivity index (χ4n) is 4.44. The molecule has 5 N–H and O–H groups in total. The number of hydrogen-bond acceptors (Lipinski definition) is 8. The number of nitrogens with zero attached hydrogens (tertiary/aromatic N) is 2. The van der Waals surface area contributed by atoms with Crippen molar-refractivity contribution in [1.82, 2.24) is 4.90 Å². The molecule has 4 rings (SSSR count). The average Bonchev–Trinajstić information content (AvgIpc) is 3.03. The van der Waals surface area contributed by atoms with E-state index in [9.17, 15) is 30.4 Å². The topological polar surface area (TPSA) is 157 Å². The van der Waals surface area contributed by atoms with Crippen molar-refractivity contribution in [2.45, 2.75) is 32.4 Å². The molecule has 0 radical (unpaired) electrons. The molecular weight excluding hydrogens is 550 g/mol. The summed E-state index contributed by atoms with van der Waals surface area (Å²) in [5.74, 6) is -0.344. The van der Waals surface area contributed by atoms with Gasteiger partial charge in [0, 0.05) is 36.9 Å². The Morgan fingerprint density at radius 1 is 0.744 bits per heavy atom. The summed E-state index contributed by atoms with van der Waals surface area (Å²) in [5, 5.41) is 43.7. The van der Waals surface area contributed by atoms with Gasteiger partial charge in [0.15, 0.2) is 17.2 Å². The lowest BCUT2D eigenvalue weighted by Crippen LogP contribution is -3.00. The first-order valence-electron chi connectivity index (χ1n) is 13.7. The molecule has 4 aromatic rings. The monoisotopic (exact) mass is 583 g/mol. The van der Waals surface area contributed by atoms with Gasteiger partial charge in [-0.1, -0.05) is 91.0 Å². The summed E-state index contributed by atoms with van der Waals surface area (Å²) in [6.07, 6.45) is 0.101. The zero-order valence-electron chi connectivity index (χ0n) is 23.3. The predicted octanol–water partition coefficient (Wildman–Crippen LogP) is 3.54. The number of ketones is 1. The van der Waals surface area contributed by atoms with E-state index in [0.29, 0.717) is 24.4 Å². The van der Waals surface area contributed by atoms with Crippen LogP contribution in [0.5, 0.6) is 0 Å². The van der Waals surface area contributed by atoms with E-state index in [1.807, 2.05) is 60.7 Å². The lowest BCUT2D eigenvalue weighted by molar-refractivity contribution is -0.996. The van der Waals surface area contributed by atoms with Crippen LogP contribution in [0, 0.1) is 10.4 Å². The molecule has 0 aliphatic carbocycles. The Hall–Kier alpha value is -4.75. The minimum atomic E-state index is -1.34. The van der Waals surface area contributed by atoms with Gasteiger partial charge in [-0.15, -0.1) is 0 Å². The number of hydrazone groups is 1. The number of quaternary nitrogens is 2. The Morgan fingerprint density at radius 3 is 1.84 bits per heavy atom. The van der Waals surface area contributed by atoms with Crippen LogP contribution in [0.4, 0.5) is 17.1 Å². The van der Waals surface area contributed by atoms with E-state index in [2.05, 4.69) is 10.5 Å². The maximum atomic E-state index is 13.6. The van der Waals surface area contributed by atoms with E-state index in [0.717, 1.165) is 17.2 Å². The Bertz CT molecular complexity index is 1470. The van der Waals surface area contributed by atoms with Gasteiger partial charge in [-0.05, 0) is 23.6 Å². The summed E-state index contributed by atoms with van der Waals surface area (Å²) >= 11 is 0. The molecule has 0 spiro atoms. The number of anilines is 1. The minimum absolute atomic E-state index is 0.0586. The summed E-state index contributed by atoms with van der Waals surface area (Å²) in [4.78, 5) is 28.4. The molecule has 2 unspecified atom stereocenters. The molecule has 4 aromatic carbocycles. The van der Waals surface area contributed by atoms with Gasteiger partial charge >= 0.3 is 0 Å². The van der Waals surface area contributed by atoms with Gasteiger partial charge in [0.1, 0.15) is 5.69 Å². The number of hydrogen-bond donors (Lipinski definition) is 5. The maximum absolute atomic E-state index is 13.6. The van der Waals surface area contributed by atoms with E-state index < -0.39 is 10.5 Å². The quantitative estimate of drug-likeness (QED) is 0.0863.